The quantitative estimate of drug-likeness (QED) is 0.673. The van der Waals surface area contributed by atoms with Gasteiger partial charge in [0.05, 0.1) is 12.7 Å². The molecule has 4 aliphatic rings. The highest BCUT2D eigenvalue weighted by Gasteiger charge is 2.47. The van der Waals surface area contributed by atoms with E-state index in [1.165, 1.54) is 31.7 Å². The maximum absolute atomic E-state index is 13.5. The number of aliphatic hydroxyl groups is 1. The lowest BCUT2D eigenvalue weighted by atomic mass is 9.83. The van der Waals surface area contributed by atoms with Gasteiger partial charge in [-0.2, -0.15) is 4.31 Å². The number of carbonyl (C=O) groups is 1. The highest BCUT2D eigenvalue weighted by molar-refractivity contribution is 7.89. The highest BCUT2D eigenvalue weighted by Crippen LogP contribution is 2.35. The van der Waals surface area contributed by atoms with Crippen molar-refractivity contribution in [1.29, 1.82) is 0 Å². The van der Waals surface area contributed by atoms with Crippen LogP contribution in [0.5, 0.6) is 5.75 Å². The van der Waals surface area contributed by atoms with Crippen LogP contribution in [-0.2, 0) is 14.8 Å². The highest BCUT2D eigenvalue weighted by atomic mass is 32.2. The van der Waals surface area contributed by atoms with E-state index >= 15 is 0 Å². The number of carbonyl (C=O) groups excluding carboxylic acids is 1. The predicted molar refractivity (Wildman–Crippen MR) is 123 cm³/mol. The molecule has 8 nitrogen and oxygen atoms in total. The first-order valence-corrected chi connectivity index (χ1v) is 13.8. The summed E-state index contributed by atoms with van der Waals surface area (Å²) in [5, 5.41) is 13.5. The summed E-state index contributed by atoms with van der Waals surface area (Å²) >= 11 is 0. The smallest absolute Gasteiger partial charge is 0.247 e. The molecule has 2 atom stereocenters. The Labute approximate surface area is 196 Å². The fourth-order valence-electron chi connectivity index (χ4n) is 6.06. The molecule has 1 spiro atoms. The number of hydrogen-bond donors (Lipinski definition) is 2. The molecule has 3 aliphatic heterocycles. The standard InChI is InChI=1S/C24H35N3O5S/c28-19-15-20-23(29)25-24(9-12-26(13-10-24)16-18-5-1-2-6-18)11-14-32-21-7-3-4-8-22(21)33(30,31)27(20)17-19/h3-4,7-8,18-20,28H,1-2,5-6,9-17H2,(H,25,29)/t19-,20+/m1/s1. The lowest BCUT2D eigenvalue weighted by molar-refractivity contribution is -0.127. The number of nitrogens with zero attached hydrogens (tertiary/aromatic N) is 2. The number of sulfonamides is 1. The lowest BCUT2D eigenvalue weighted by Crippen LogP contribution is -2.59. The van der Waals surface area contributed by atoms with E-state index in [0.29, 0.717) is 18.8 Å². The van der Waals surface area contributed by atoms with Gasteiger partial charge in [0.15, 0.2) is 0 Å². The van der Waals surface area contributed by atoms with E-state index in [-0.39, 0.29) is 23.8 Å². The molecule has 3 heterocycles. The van der Waals surface area contributed by atoms with Crippen molar-refractivity contribution in [3.05, 3.63) is 24.3 Å². The number of nitrogens with one attached hydrogen (secondary N) is 1. The fraction of sp³-hybridized carbons (Fsp3) is 0.708. The number of aliphatic hydroxyl groups excluding tert-OH is 1. The Kier molecular flexibility index (Phi) is 6.41. The average Bonchev–Trinajstić information content (AvgIpc) is 3.45. The number of amides is 1. The summed E-state index contributed by atoms with van der Waals surface area (Å²) in [5.74, 6) is 0.791. The summed E-state index contributed by atoms with van der Waals surface area (Å²) in [6, 6.07) is 5.68. The zero-order chi connectivity index (χ0) is 23.1. The van der Waals surface area contributed by atoms with Crippen LogP contribution in [0.15, 0.2) is 29.2 Å². The molecule has 1 aromatic rings. The number of rotatable bonds is 2. The average molecular weight is 478 g/mol. The fourth-order valence-corrected chi connectivity index (χ4v) is 7.83. The minimum Gasteiger partial charge on any atom is -0.492 e. The summed E-state index contributed by atoms with van der Waals surface area (Å²) in [6.07, 6.45) is 6.82. The van der Waals surface area contributed by atoms with Crippen LogP contribution in [0, 0.1) is 5.92 Å². The van der Waals surface area contributed by atoms with Crippen molar-refractivity contribution >= 4 is 15.9 Å². The van der Waals surface area contributed by atoms with Gasteiger partial charge in [-0.15, -0.1) is 0 Å². The third-order valence-electron chi connectivity index (χ3n) is 8.00. The second-order valence-electron chi connectivity index (χ2n) is 10.2. The van der Waals surface area contributed by atoms with E-state index in [2.05, 4.69) is 10.2 Å². The summed E-state index contributed by atoms with van der Waals surface area (Å²) < 4.78 is 34.1. The SMILES string of the molecule is O=C1NC2(CCOc3ccccc3S(=O)(=O)N3C[C@H](O)C[C@@H]13)CCN(CC1CCCC1)CC2. The van der Waals surface area contributed by atoms with Crippen molar-refractivity contribution in [2.24, 2.45) is 5.92 Å². The summed E-state index contributed by atoms with van der Waals surface area (Å²) in [7, 11) is -3.99. The van der Waals surface area contributed by atoms with E-state index in [4.69, 9.17) is 4.74 Å². The first kappa shape index (κ1) is 23.1. The van der Waals surface area contributed by atoms with E-state index in [1.54, 1.807) is 18.2 Å². The Morgan fingerprint density at radius 1 is 1.12 bits per heavy atom. The van der Waals surface area contributed by atoms with Gasteiger partial charge in [-0.05, 0) is 43.7 Å². The molecule has 0 radical (unpaired) electrons. The number of benzene rings is 1. The summed E-state index contributed by atoms with van der Waals surface area (Å²) in [4.78, 5) is 16.0. The van der Waals surface area contributed by atoms with Crippen LogP contribution in [-0.4, -0.2) is 79.1 Å². The van der Waals surface area contributed by atoms with Crippen LogP contribution < -0.4 is 10.1 Å². The Bertz CT molecular complexity index is 970. The van der Waals surface area contributed by atoms with Crippen LogP contribution in [0.1, 0.15) is 51.4 Å². The number of hydrogen-bond acceptors (Lipinski definition) is 6. The lowest BCUT2D eigenvalue weighted by Gasteiger charge is -2.43. The zero-order valence-electron chi connectivity index (χ0n) is 19.1. The molecule has 0 aromatic heterocycles. The van der Waals surface area contributed by atoms with Crippen molar-refractivity contribution in [1.82, 2.24) is 14.5 Å². The minimum absolute atomic E-state index is 0.0548. The second kappa shape index (κ2) is 9.17. The Morgan fingerprint density at radius 2 is 1.85 bits per heavy atom. The summed E-state index contributed by atoms with van der Waals surface area (Å²) in [5.41, 5.74) is -0.425. The largest absolute Gasteiger partial charge is 0.492 e. The predicted octanol–water partition coefficient (Wildman–Crippen LogP) is 1.73. The van der Waals surface area contributed by atoms with Gasteiger partial charge in [0.1, 0.15) is 16.7 Å². The molecular formula is C24H35N3O5S. The molecule has 2 saturated heterocycles. The molecule has 1 aliphatic carbocycles. The minimum atomic E-state index is -3.99. The molecule has 2 N–H and O–H groups in total. The van der Waals surface area contributed by atoms with Crippen LogP contribution in [0.3, 0.4) is 0 Å². The molecule has 0 bridgehead atoms. The monoisotopic (exact) mass is 477 g/mol. The molecular weight excluding hydrogens is 442 g/mol. The normalized spacial score (nSPS) is 30.8. The third kappa shape index (κ3) is 4.65. The third-order valence-corrected chi connectivity index (χ3v) is 9.92. The number of ether oxygens (including phenoxy) is 1. The number of piperidine rings is 1. The Morgan fingerprint density at radius 3 is 2.61 bits per heavy atom. The van der Waals surface area contributed by atoms with Gasteiger partial charge in [0.2, 0.25) is 15.9 Å². The second-order valence-corrected chi connectivity index (χ2v) is 12.1. The number of fused-ring (bicyclic) bond motifs is 2. The molecule has 0 unspecified atom stereocenters. The van der Waals surface area contributed by atoms with Crippen molar-refractivity contribution in [3.8, 4) is 5.75 Å². The molecule has 1 saturated carbocycles. The number of likely N-dealkylation sites (tertiary alicyclic amines) is 1. The number of para-hydroxylation sites is 1. The van der Waals surface area contributed by atoms with Crippen LogP contribution in [0.2, 0.25) is 0 Å². The molecule has 1 amide bonds. The molecule has 3 fully saturated rings. The molecule has 5 rings (SSSR count). The Balaban J connectivity index is 1.39. The molecule has 9 heteroatoms. The van der Waals surface area contributed by atoms with E-state index in [1.807, 2.05) is 0 Å². The van der Waals surface area contributed by atoms with Gasteiger partial charge >= 0.3 is 0 Å². The van der Waals surface area contributed by atoms with Crippen LogP contribution >= 0.6 is 0 Å². The zero-order valence-corrected chi connectivity index (χ0v) is 19.9. The van der Waals surface area contributed by atoms with E-state index < -0.39 is 27.7 Å². The van der Waals surface area contributed by atoms with Gasteiger partial charge in [0, 0.05) is 44.6 Å². The van der Waals surface area contributed by atoms with Gasteiger partial charge in [0.25, 0.3) is 0 Å². The van der Waals surface area contributed by atoms with Gasteiger partial charge < -0.3 is 20.1 Å². The van der Waals surface area contributed by atoms with Crippen molar-refractivity contribution in [2.75, 3.05) is 32.8 Å². The van der Waals surface area contributed by atoms with Crippen molar-refractivity contribution in [2.45, 2.75) is 73.9 Å². The first-order valence-electron chi connectivity index (χ1n) is 12.3. The van der Waals surface area contributed by atoms with Gasteiger partial charge in [-0.25, -0.2) is 8.42 Å². The van der Waals surface area contributed by atoms with Gasteiger partial charge in [-0.3, -0.25) is 4.79 Å². The van der Waals surface area contributed by atoms with Crippen LogP contribution in [0.25, 0.3) is 0 Å². The Hall–Kier alpha value is -1.68. The van der Waals surface area contributed by atoms with Crippen LogP contribution in [0.4, 0.5) is 0 Å². The maximum atomic E-state index is 13.5. The summed E-state index contributed by atoms with van der Waals surface area (Å²) in [6.45, 7) is 3.22. The first-order chi connectivity index (χ1) is 15.9. The van der Waals surface area contributed by atoms with Crippen molar-refractivity contribution in [3.63, 3.8) is 0 Å². The van der Waals surface area contributed by atoms with Crippen molar-refractivity contribution < 1.29 is 23.1 Å². The topological polar surface area (TPSA) is 99.2 Å². The molecule has 182 valence electrons. The molecule has 33 heavy (non-hydrogen) atoms. The van der Waals surface area contributed by atoms with E-state index in [0.717, 1.165) is 42.7 Å². The van der Waals surface area contributed by atoms with Gasteiger partial charge in [-0.1, -0.05) is 25.0 Å². The van der Waals surface area contributed by atoms with E-state index in [9.17, 15) is 18.3 Å². The maximum Gasteiger partial charge on any atom is 0.247 e. The molecule has 1 aromatic carbocycles.